The van der Waals surface area contributed by atoms with Gasteiger partial charge in [-0.1, -0.05) is 195 Å². The summed E-state index contributed by atoms with van der Waals surface area (Å²) in [5, 5.41) is 29.2. The number of nitrogens with zero attached hydrogens (tertiary/aromatic N) is 2. The number of amides is 1. The highest BCUT2D eigenvalue weighted by Crippen LogP contribution is 2.46. The molecule has 6 aliphatic carbocycles. The molecule has 0 bridgehead atoms. The third-order valence-electron chi connectivity index (χ3n) is 28.4. The lowest BCUT2D eigenvalue weighted by Gasteiger charge is -2.25. The average molecular weight is 2270 g/mol. The first-order valence-electron chi connectivity index (χ1n) is 49.6. The molecule has 0 radical (unpaired) electrons. The largest absolute Gasteiger partial charge is 0.573 e. The molecule has 0 aliphatic heterocycles. The zero-order valence-corrected chi connectivity index (χ0v) is 88.3. The molecule has 25 rings (SSSR count). The zero-order valence-electron chi connectivity index (χ0n) is 79.7. The first kappa shape index (κ1) is 99.0. The Balaban J connectivity index is 0.000000106. The predicted octanol–water partition coefficient (Wildman–Crippen LogP) is 34.2. The summed E-state index contributed by atoms with van der Waals surface area (Å²) < 4.78 is 61.4. The van der Waals surface area contributed by atoms with Crippen LogP contribution >= 0.6 is 91.3 Å². The number of benzene rings is 12. The Hall–Kier alpha value is -12.4. The highest BCUT2D eigenvalue weighted by Gasteiger charge is 2.35. The van der Waals surface area contributed by atoms with Gasteiger partial charge >= 0.3 is 6.36 Å². The summed E-state index contributed by atoms with van der Waals surface area (Å²) in [6, 6.07) is 88.2. The lowest BCUT2D eigenvalue weighted by molar-refractivity contribution is -0.274. The molecule has 0 spiro atoms. The van der Waals surface area contributed by atoms with Gasteiger partial charge in [0.05, 0.1) is 48.1 Å². The molecule has 0 fully saturated rings. The van der Waals surface area contributed by atoms with E-state index in [-0.39, 0.29) is 41.6 Å². The first-order chi connectivity index (χ1) is 70.0. The first-order valence-corrected chi connectivity index (χ1v) is 53.9. The minimum absolute atomic E-state index is 0.0149. The van der Waals surface area contributed by atoms with Gasteiger partial charge in [-0.2, -0.15) is 0 Å². The second-order valence-electron chi connectivity index (χ2n) is 38.1. The van der Waals surface area contributed by atoms with Gasteiger partial charge in [-0.3, -0.25) is 9.78 Å². The summed E-state index contributed by atoms with van der Waals surface area (Å²) in [6.07, 6.45) is 22.2. The molecule has 7 heterocycles. The Morgan fingerprint density at radius 3 is 1.17 bits per heavy atom. The van der Waals surface area contributed by atoms with E-state index in [4.69, 9.17) is 11.6 Å². The van der Waals surface area contributed by atoms with Crippen molar-refractivity contribution in [1.82, 2.24) is 45.2 Å². The lowest BCUT2D eigenvalue weighted by Crippen LogP contribution is -2.31. The van der Waals surface area contributed by atoms with Crippen molar-refractivity contribution < 1.29 is 27.1 Å². The van der Waals surface area contributed by atoms with Crippen molar-refractivity contribution in [3.63, 3.8) is 0 Å². The molecular formula is C118H110Br5ClF4N14O2. The molecular weight excluding hydrogens is 2160 g/mol. The SMILES string of the molecule is Brc1ccc2[nH]c3c(c2c1)CCCC3Nc1cnccn1.Brc1ccc2[nH]c3c(c2c1)CCCCC3Nc1ccccc1.Cc1ccc(NC2CCCc3c2[nH]c2ccc(Br)cc32)cc1Cl.Cc1cccc(NC2CCCc3c2[nH]c2ccc(Br)cc32)c1F.FC(F)(F)Oc1ccc2[nH]c3c(c2c1)CCCC3Nc1ccccc1.O=C(NC1CCCc2c1[nH]c1ccc(Br)cc21)c1ccc(Cc2ccccc2)cc1. The molecule has 12 N–H and O–H groups in total. The van der Waals surface area contributed by atoms with Crippen LogP contribution in [0, 0.1) is 19.7 Å². The van der Waals surface area contributed by atoms with E-state index in [2.05, 4.69) is 320 Å². The molecule has 734 valence electrons. The second-order valence-corrected chi connectivity index (χ2v) is 43.1. The van der Waals surface area contributed by atoms with Gasteiger partial charge in [0.2, 0.25) is 0 Å². The van der Waals surface area contributed by atoms with Crippen molar-refractivity contribution in [3.05, 3.63) is 408 Å². The Morgan fingerprint density at radius 1 is 0.375 bits per heavy atom. The Morgan fingerprint density at radius 2 is 0.750 bits per heavy atom. The number of carbonyl (C=O) groups is 1. The highest BCUT2D eigenvalue weighted by molar-refractivity contribution is 9.11. The molecule has 1 amide bonds. The summed E-state index contributed by atoms with van der Waals surface area (Å²) in [6.45, 7) is 3.83. The number of aromatic amines is 6. The smallest absolute Gasteiger partial charge is 0.406 e. The summed E-state index contributed by atoms with van der Waals surface area (Å²) in [7, 11) is 0. The molecule has 144 heavy (non-hydrogen) atoms. The van der Waals surface area contributed by atoms with Crippen molar-refractivity contribution >= 4 is 191 Å². The molecule has 6 unspecified atom stereocenters. The lowest BCUT2D eigenvalue weighted by atomic mass is 9.91. The number of aryl methyl sites for hydroxylation is 8. The molecule has 7 aromatic heterocycles. The van der Waals surface area contributed by atoms with E-state index in [1.54, 1.807) is 37.6 Å². The van der Waals surface area contributed by atoms with E-state index in [0.29, 0.717) is 28.9 Å². The number of hydrogen-bond donors (Lipinski definition) is 12. The van der Waals surface area contributed by atoms with Crippen LogP contribution in [0.1, 0.15) is 220 Å². The quantitative estimate of drug-likeness (QED) is 0.0347. The monoisotopic (exact) mass is 2260 g/mol. The highest BCUT2D eigenvalue weighted by atomic mass is 79.9. The Bertz CT molecular complexity index is 7780. The van der Waals surface area contributed by atoms with E-state index in [1.807, 2.05) is 79.7 Å². The van der Waals surface area contributed by atoms with Crippen LogP contribution in [0.3, 0.4) is 0 Å². The topological polar surface area (TPSA) is 219 Å². The van der Waals surface area contributed by atoms with Crippen LogP contribution in [0.2, 0.25) is 5.02 Å². The average Bonchev–Trinajstić information content (AvgIpc) is 1.23. The molecule has 12 aromatic carbocycles. The number of carbonyl (C=O) groups excluding carboxylic acids is 1. The minimum Gasteiger partial charge on any atom is -0.406 e. The molecule has 6 aliphatic rings. The standard InChI is InChI=1S/C26H23BrN2O.C19H18BrClN2.C19H18BrFN2.C19H19BrN2.C19H17F3N2O.C16H15BrN4/c27-20-13-14-23-22(16-20)21-7-4-8-24(25(21)28-23)29-26(30)19-11-9-18(10-12-19)15-17-5-2-1-3-6-17;1-11-5-7-13(10-16(11)21)22-18-4-2-3-14-15-9-12(20)6-8-17(15)23-19(14)18;1-11-4-2-6-16(18(11)21)22-17-7-3-5-13-14-10-12(20)8-9-15(14)23-19(13)17;20-13-10-11-17-16(12-13)15-8-4-5-9-18(19(15)22-17)21-14-6-2-1-3-7-14;20-19(21,22)25-13-9-10-16-15(11-13)14-7-4-8-17(18(14)24-16)23-12-5-2-1-3-6-12;17-10-4-5-13-12(8-10)11-2-1-3-14(16(11)21-13)20-15-9-18-6-7-19-15/h1-3,5-6,9-14,16,24,28H,4,7-8,15H2,(H,29,30);5-10,18,22-23H,2-4H2,1H3;2,4,6,8-10,17,22-23H,3,5,7H2,1H3;1-3,6-7,10-12,18,21-22H,4-5,8-9H2;1-3,5-6,9-11,17,23-24H,4,7-8H2;4-9,14,21H,1-3H2,(H,19,20). The van der Waals surface area contributed by atoms with Crippen LogP contribution in [-0.4, -0.2) is 52.1 Å². The van der Waals surface area contributed by atoms with Crippen LogP contribution in [0.5, 0.6) is 5.75 Å². The van der Waals surface area contributed by atoms with Gasteiger partial charge in [-0.05, 0) is 355 Å². The van der Waals surface area contributed by atoms with Crippen LogP contribution in [0.15, 0.2) is 302 Å². The maximum absolute atomic E-state index is 14.3. The van der Waals surface area contributed by atoms with Crippen molar-refractivity contribution in [2.75, 3.05) is 26.6 Å². The van der Waals surface area contributed by atoms with Crippen molar-refractivity contribution in [1.29, 1.82) is 0 Å². The number of anilines is 5. The van der Waals surface area contributed by atoms with Gasteiger partial charge in [0, 0.05) is 162 Å². The number of halogens is 10. The number of hydrogen-bond acceptors (Lipinski definition) is 9. The van der Waals surface area contributed by atoms with Gasteiger partial charge in [0.25, 0.3) is 5.91 Å². The summed E-state index contributed by atoms with van der Waals surface area (Å²) in [5.74, 6) is 0.479. The van der Waals surface area contributed by atoms with Crippen molar-refractivity contribution in [3.8, 4) is 5.75 Å². The Labute approximate surface area is 881 Å². The fraction of sp³-hybridized carbons (Fsp3) is 0.246. The summed E-state index contributed by atoms with van der Waals surface area (Å²) >= 11 is 24.1. The van der Waals surface area contributed by atoms with E-state index in [0.717, 1.165) is 179 Å². The minimum atomic E-state index is -4.68. The number of para-hydroxylation sites is 2. The van der Waals surface area contributed by atoms with E-state index < -0.39 is 6.36 Å². The third-order valence-corrected chi connectivity index (χ3v) is 31.3. The maximum Gasteiger partial charge on any atom is 0.573 e. The van der Waals surface area contributed by atoms with Gasteiger partial charge in [0.1, 0.15) is 17.4 Å². The maximum atomic E-state index is 14.3. The predicted molar refractivity (Wildman–Crippen MR) is 597 cm³/mol. The second kappa shape index (κ2) is 44.7. The van der Waals surface area contributed by atoms with Crippen LogP contribution in [0.4, 0.5) is 46.1 Å². The van der Waals surface area contributed by atoms with E-state index >= 15 is 0 Å². The van der Waals surface area contributed by atoms with E-state index in [9.17, 15) is 22.4 Å². The number of nitrogens with one attached hydrogen (secondary N) is 12. The number of fused-ring (bicyclic) bond motifs is 18. The third kappa shape index (κ3) is 23.1. The number of aromatic nitrogens is 8. The zero-order chi connectivity index (χ0) is 99.1. The molecule has 0 saturated heterocycles. The van der Waals surface area contributed by atoms with Crippen molar-refractivity contribution in [2.45, 2.75) is 185 Å². The fourth-order valence-electron chi connectivity index (χ4n) is 21.5. The number of rotatable bonds is 15. The van der Waals surface area contributed by atoms with Crippen LogP contribution < -0.4 is 36.6 Å². The molecule has 6 atom stereocenters. The molecule has 19 aromatic rings. The van der Waals surface area contributed by atoms with Crippen LogP contribution in [-0.2, 0) is 44.9 Å². The molecule has 0 saturated carbocycles. The normalized spacial score (nSPS) is 17.1. The van der Waals surface area contributed by atoms with Gasteiger partial charge in [0.15, 0.2) is 0 Å². The molecule has 16 nitrogen and oxygen atoms in total. The number of H-pyrrole nitrogens is 6. The van der Waals surface area contributed by atoms with Gasteiger partial charge < -0.3 is 66.5 Å². The van der Waals surface area contributed by atoms with Crippen molar-refractivity contribution in [2.24, 2.45) is 0 Å². The molecule has 26 heteroatoms. The van der Waals surface area contributed by atoms with Crippen LogP contribution in [0.25, 0.3) is 65.4 Å². The van der Waals surface area contributed by atoms with Gasteiger partial charge in [-0.15, -0.1) is 13.2 Å². The summed E-state index contributed by atoms with van der Waals surface area (Å²) in [5.41, 5.74) is 31.2. The summed E-state index contributed by atoms with van der Waals surface area (Å²) in [4.78, 5) is 42.7. The van der Waals surface area contributed by atoms with E-state index in [1.165, 1.54) is 162 Å². The van der Waals surface area contributed by atoms with Gasteiger partial charge in [-0.25, -0.2) is 9.37 Å². The number of ether oxygens (including phenoxy) is 1. The Kier molecular flexibility index (Phi) is 30.7. The number of alkyl halides is 3. The fourth-order valence-corrected chi connectivity index (χ4v) is 23.5.